The quantitative estimate of drug-likeness (QED) is 0.677. The van der Waals surface area contributed by atoms with Gasteiger partial charge in [0, 0.05) is 32.1 Å². The average molecular weight is 477 g/mol. The molecule has 1 aromatic heterocycles. The molecule has 7 nitrogen and oxygen atoms in total. The van der Waals surface area contributed by atoms with E-state index < -0.39 is 0 Å². The van der Waals surface area contributed by atoms with Crippen molar-refractivity contribution in [3.8, 4) is 0 Å². The van der Waals surface area contributed by atoms with E-state index in [1.807, 2.05) is 18.7 Å². The van der Waals surface area contributed by atoms with Gasteiger partial charge in [-0.2, -0.15) is 5.10 Å². The standard InChI is InChI=1S/C24H30ClFN4O3/c1-15-12-29(13-16(2)33-15)23(31)19-8-10-28(11-9-19)24(32)21-17(3)27-30(22(21)25)14-18-4-6-20(26)7-5-18/h4-7,15-16,19H,8-14H2,1-3H3. The fourth-order valence-electron chi connectivity index (χ4n) is 4.77. The van der Waals surface area contributed by atoms with E-state index in [4.69, 9.17) is 16.3 Å². The highest BCUT2D eigenvalue weighted by atomic mass is 35.5. The summed E-state index contributed by atoms with van der Waals surface area (Å²) < 4.78 is 20.5. The van der Waals surface area contributed by atoms with Gasteiger partial charge in [0.2, 0.25) is 5.91 Å². The van der Waals surface area contributed by atoms with Crippen molar-refractivity contribution in [2.45, 2.75) is 52.4 Å². The van der Waals surface area contributed by atoms with E-state index in [0.717, 1.165) is 5.56 Å². The molecule has 0 bridgehead atoms. The van der Waals surface area contributed by atoms with Gasteiger partial charge in [0.1, 0.15) is 11.0 Å². The molecule has 2 aromatic rings. The molecule has 0 saturated carbocycles. The average Bonchev–Trinajstić information content (AvgIpc) is 3.06. The van der Waals surface area contributed by atoms with Crippen LogP contribution < -0.4 is 0 Å². The summed E-state index contributed by atoms with van der Waals surface area (Å²) >= 11 is 6.54. The van der Waals surface area contributed by atoms with Crippen molar-refractivity contribution in [1.29, 1.82) is 0 Å². The SMILES string of the molecule is Cc1nn(Cc2ccc(F)cc2)c(Cl)c1C(=O)N1CCC(C(=O)N2CC(C)OC(C)C2)CC1. The number of carbonyl (C=O) groups is 2. The molecule has 2 fully saturated rings. The Morgan fingerprint density at radius 3 is 2.30 bits per heavy atom. The number of likely N-dealkylation sites (tertiary alicyclic amines) is 1. The van der Waals surface area contributed by atoms with Crippen LogP contribution in [0.4, 0.5) is 4.39 Å². The highest BCUT2D eigenvalue weighted by molar-refractivity contribution is 6.33. The predicted molar refractivity (Wildman–Crippen MR) is 123 cm³/mol. The topological polar surface area (TPSA) is 67.7 Å². The molecule has 33 heavy (non-hydrogen) atoms. The molecule has 2 aliphatic rings. The van der Waals surface area contributed by atoms with Crippen molar-refractivity contribution in [2.75, 3.05) is 26.2 Å². The van der Waals surface area contributed by atoms with Gasteiger partial charge in [-0.3, -0.25) is 9.59 Å². The molecule has 0 aliphatic carbocycles. The van der Waals surface area contributed by atoms with Gasteiger partial charge >= 0.3 is 0 Å². The lowest BCUT2D eigenvalue weighted by atomic mass is 9.94. The maximum Gasteiger partial charge on any atom is 0.258 e. The number of halogens is 2. The van der Waals surface area contributed by atoms with Crippen LogP contribution >= 0.6 is 11.6 Å². The predicted octanol–water partition coefficient (Wildman–Crippen LogP) is 3.52. The van der Waals surface area contributed by atoms with E-state index in [9.17, 15) is 14.0 Å². The van der Waals surface area contributed by atoms with Crippen molar-refractivity contribution in [2.24, 2.45) is 5.92 Å². The Bertz CT molecular complexity index is 1010. The van der Waals surface area contributed by atoms with Crippen LogP contribution in [0.2, 0.25) is 5.15 Å². The summed E-state index contributed by atoms with van der Waals surface area (Å²) in [5, 5.41) is 4.71. The smallest absolute Gasteiger partial charge is 0.258 e. The van der Waals surface area contributed by atoms with Crippen LogP contribution in [-0.4, -0.2) is 69.8 Å². The van der Waals surface area contributed by atoms with Gasteiger partial charge in [0.15, 0.2) is 0 Å². The normalized spacial score (nSPS) is 22.0. The number of aryl methyl sites for hydroxylation is 1. The Labute approximate surface area is 198 Å². The number of hydrogen-bond donors (Lipinski definition) is 0. The first-order valence-electron chi connectivity index (χ1n) is 11.4. The summed E-state index contributed by atoms with van der Waals surface area (Å²) in [6.07, 6.45) is 1.34. The molecule has 2 aliphatic heterocycles. The molecule has 0 N–H and O–H groups in total. The monoisotopic (exact) mass is 476 g/mol. The molecule has 0 spiro atoms. The second-order valence-corrected chi connectivity index (χ2v) is 9.46. The number of benzene rings is 1. The van der Waals surface area contributed by atoms with E-state index in [1.54, 1.807) is 28.6 Å². The van der Waals surface area contributed by atoms with Crippen molar-refractivity contribution in [3.05, 3.63) is 52.1 Å². The summed E-state index contributed by atoms with van der Waals surface area (Å²) in [6, 6.07) is 6.11. The first kappa shape index (κ1) is 23.7. The van der Waals surface area contributed by atoms with Crippen LogP contribution in [0.15, 0.2) is 24.3 Å². The second-order valence-electron chi connectivity index (χ2n) is 9.10. The van der Waals surface area contributed by atoms with Gasteiger partial charge in [-0.05, 0) is 51.3 Å². The fourth-order valence-corrected chi connectivity index (χ4v) is 5.08. The fraction of sp³-hybridized carbons (Fsp3) is 0.542. The molecule has 178 valence electrons. The van der Waals surface area contributed by atoms with Crippen molar-refractivity contribution in [1.82, 2.24) is 19.6 Å². The first-order chi connectivity index (χ1) is 15.7. The van der Waals surface area contributed by atoms with Crippen LogP contribution in [0.25, 0.3) is 0 Å². The molecule has 1 aromatic carbocycles. The van der Waals surface area contributed by atoms with Crippen molar-refractivity contribution in [3.63, 3.8) is 0 Å². The summed E-state index contributed by atoms with van der Waals surface area (Å²) in [4.78, 5) is 29.9. The maximum absolute atomic E-state index is 13.2. The minimum atomic E-state index is -0.308. The highest BCUT2D eigenvalue weighted by Gasteiger charge is 2.35. The third-order valence-corrected chi connectivity index (χ3v) is 6.77. The minimum absolute atomic E-state index is 0.0379. The molecule has 9 heteroatoms. The number of hydrogen-bond acceptors (Lipinski definition) is 4. The zero-order chi connectivity index (χ0) is 23.7. The first-order valence-corrected chi connectivity index (χ1v) is 11.8. The molecule has 0 radical (unpaired) electrons. The van der Waals surface area contributed by atoms with Crippen molar-refractivity contribution < 1.29 is 18.7 Å². The number of morpholine rings is 1. The van der Waals surface area contributed by atoms with Gasteiger partial charge in [0.25, 0.3) is 5.91 Å². The number of amides is 2. The summed E-state index contributed by atoms with van der Waals surface area (Å²) in [5.74, 6) is -0.394. The molecule has 4 rings (SSSR count). The van der Waals surface area contributed by atoms with E-state index in [1.165, 1.54) is 12.1 Å². The zero-order valence-electron chi connectivity index (χ0n) is 19.3. The summed E-state index contributed by atoms with van der Waals surface area (Å²) in [6.45, 7) is 8.32. The third-order valence-electron chi connectivity index (χ3n) is 6.39. The lowest BCUT2D eigenvalue weighted by molar-refractivity contribution is -0.148. The largest absolute Gasteiger partial charge is 0.372 e. The Hall–Kier alpha value is -2.45. The second kappa shape index (κ2) is 9.81. The van der Waals surface area contributed by atoms with E-state index in [2.05, 4.69) is 5.10 Å². The number of piperidine rings is 1. The van der Waals surface area contributed by atoms with E-state index >= 15 is 0 Å². The molecule has 2 unspecified atom stereocenters. The molecule has 2 amide bonds. The number of carbonyl (C=O) groups excluding carboxylic acids is 2. The lowest BCUT2D eigenvalue weighted by Crippen LogP contribution is -2.51. The lowest BCUT2D eigenvalue weighted by Gasteiger charge is -2.39. The molecular formula is C24H30ClFN4O3. The molecule has 2 atom stereocenters. The van der Waals surface area contributed by atoms with Crippen molar-refractivity contribution >= 4 is 23.4 Å². The Balaban J connectivity index is 1.39. The Morgan fingerprint density at radius 1 is 1.09 bits per heavy atom. The van der Waals surface area contributed by atoms with Crippen LogP contribution in [0, 0.1) is 18.7 Å². The van der Waals surface area contributed by atoms with Crippen LogP contribution in [-0.2, 0) is 16.1 Å². The third kappa shape index (κ3) is 5.22. The van der Waals surface area contributed by atoms with Crippen LogP contribution in [0.3, 0.4) is 0 Å². The van der Waals surface area contributed by atoms with Gasteiger partial charge in [0.05, 0.1) is 30.0 Å². The number of rotatable bonds is 4. The van der Waals surface area contributed by atoms with Crippen LogP contribution in [0.5, 0.6) is 0 Å². The summed E-state index contributed by atoms with van der Waals surface area (Å²) in [7, 11) is 0. The van der Waals surface area contributed by atoms with Crippen LogP contribution in [0.1, 0.15) is 48.3 Å². The molecule has 3 heterocycles. The highest BCUT2D eigenvalue weighted by Crippen LogP contribution is 2.27. The number of nitrogens with zero attached hydrogens (tertiary/aromatic N) is 4. The van der Waals surface area contributed by atoms with E-state index in [-0.39, 0.29) is 40.9 Å². The van der Waals surface area contributed by atoms with Gasteiger partial charge in [-0.1, -0.05) is 23.7 Å². The van der Waals surface area contributed by atoms with Gasteiger partial charge in [-0.25, -0.2) is 9.07 Å². The summed E-state index contributed by atoms with van der Waals surface area (Å²) in [5.41, 5.74) is 1.78. The Morgan fingerprint density at radius 2 is 1.70 bits per heavy atom. The Kier molecular flexibility index (Phi) is 7.05. The maximum atomic E-state index is 13.2. The number of aromatic nitrogens is 2. The van der Waals surface area contributed by atoms with Gasteiger partial charge < -0.3 is 14.5 Å². The molecular weight excluding hydrogens is 447 g/mol. The van der Waals surface area contributed by atoms with E-state index in [0.29, 0.717) is 56.8 Å². The number of ether oxygens (including phenoxy) is 1. The van der Waals surface area contributed by atoms with Gasteiger partial charge in [-0.15, -0.1) is 0 Å². The minimum Gasteiger partial charge on any atom is -0.372 e. The zero-order valence-corrected chi connectivity index (χ0v) is 20.0. The molecule has 2 saturated heterocycles.